The summed E-state index contributed by atoms with van der Waals surface area (Å²) >= 11 is 0. The first kappa shape index (κ1) is 17.3. The van der Waals surface area contributed by atoms with Crippen LogP contribution in [0.3, 0.4) is 0 Å². The molecule has 3 rings (SSSR count). The van der Waals surface area contributed by atoms with Gasteiger partial charge in [-0.15, -0.1) is 0 Å². The molecule has 3 heterocycles. The molecule has 0 saturated carbocycles. The van der Waals surface area contributed by atoms with Gasteiger partial charge in [0.05, 0.1) is 19.8 Å². The number of nitrogens with one attached hydrogen (secondary N) is 1. The Labute approximate surface area is 142 Å². The molecule has 134 valence electrons. The minimum absolute atomic E-state index is 0.0667. The minimum Gasteiger partial charge on any atom is -0.396 e. The molecule has 0 aromatic carbocycles. The normalized spacial score (nSPS) is 25.2. The van der Waals surface area contributed by atoms with E-state index >= 15 is 0 Å². The molecule has 0 bridgehead atoms. The molecular weight excluding hydrogens is 310 g/mol. The van der Waals surface area contributed by atoms with Crippen LogP contribution in [0.1, 0.15) is 0 Å². The van der Waals surface area contributed by atoms with E-state index in [4.69, 9.17) is 9.84 Å². The molecule has 1 aromatic rings. The van der Waals surface area contributed by atoms with Crippen LogP contribution in [0.2, 0.25) is 0 Å². The van der Waals surface area contributed by atoms with E-state index in [1.54, 1.807) is 0 Å². The first-order valence-electron chi connectivity index (χ1n) is 8.63. The molecule has 2 atom stereocenters. The van der Waals surface area contributed by atoms with Gasteiger partial charge in [-0.3, -0.25) is 4.90 Å². The van der Waals surface area contributed by atoms with Crippen molar-refractivity contribution in [2.24, 2.45) is 11.8 Å². The van der Waals surface area contributed by atoms with Crippen molar-refractivity contribution in [3.05, 3.63) is 12.4 Å². The summed E-state index contributed by atoms with van der Waals surface area (Å²) in [6.45, 7) is 6.96. The quantitative estimate of drug-likeness (QED) is 0.599. The van der Waals surface area contributed by atoms with E-state index in [0.29, 0.717) is 18.3 Å². The van der Waals surface area contributed by atoms with Gasteiger partial charge in [0.2, 0.25) is 0 Å². The Bertz CT molecular complexity index is 512. The number of aliphatic hydroxyl groups is 2. The Kier molecular flexibility index (Phi) is 6.19. The van der Waals surface area contributed by atoms with Gasteiger partial charge in [-0.25, -0.2) is 9.97 Å². The smallest absolute Gasteiger partial charge is 0.134 e. The van der Waals surface area contributed by atoms with Gasteiger partial charge in [0.25, 0.3) is 0 Å². The summed E-state index contributed by atoms with van der Waals surface area (Å²) in [4.78, 5) is 13.2. The number of hydrogen-bond donors (Lipinski definition) is 3. The molecule has 0 unspecified atom stereocenters. The lowest BCUT2D eigenvalue weighted by Crippen LogP contribution is -2.41. The summed E-state index contributed by atoms with van der Waals surface area (Å²) in [6.07, 6.45) is 1.54. The van der Waals surface area contributed by atoms with Crippen molar-refractivity contribution in [1.29, 1.82) is 0 Å². The summed E-state index contributed by atoms with van der Waals surface area (Å²) in [5, 5.41) is 21.7. The van der Waals surface area contributed by atoms with Crippen molar-refractivity contribution < 1.29 is 14.9 Å². The lowest BCUT2D eigenvalue weighted by molar-refractivity contribution is 0.0268. The zero-order valence-corrected chi connectivity index (χ0v) is 14.0. The fraction of sp³-hybridized carbons (Fsp3) is 0.750. The molecule has 2 aliphatic heterocycles. The van der Waals surface area contributed by atoms with Gasteiger partial charge in [-0.05, 0) is 5.92 Å². The number of morpholine rings is 1. The van der Waals surface area contributed by atoms with Crippen molar-refractivity contribution in [2.45, 2.75) is 0 Å². The molecule has 8 nitrogen and oxygen atoms in total. The van der Waals surface area contributed by atoms with E-state index in [0.717, 1.165) is 51.8 Å². The largest absolute Gasteiger partial charge is 0.396 e. The number of anilines is 2. The highest BCUT2D eigenvalue weighted by atomic mass is 16.5. The maximum Gasteiger partial charge on any atom is 0.134 e. The SMILES string of the molecule is OCCNc1cc(N2C[C@@H](CN3CCOCC3)[C@@H](CO)C2)ncn1. The third kappa shape index (κ3) is 4.32. The number of aromatic nitrogens is 2. The number of nitrogens with zero attached hydrogens (tertiary/aromatic N) is 4. The van der Waals surface area contributed by atoms with E-state index in [9.17, 15) is 5.11 Å². The Morgan fingerprint density at radius 3 is 2.71 bits per heavy atom. The first-order chi connectivity index (χ1) is 11.8. The summed E-state index contributed by atoms with van der Waals surface area (Å²) in [5.41, 5.74) is 0. The van der Waals surface area contributed by atoms with Crippen molar-refractivity contribution in [3.8, 4) is 0 Å². The molecule has 2 saturated heterocycles. The molecule has 0 spiro atoms. The first-order valence-corrected chi connectivity index (χ1v) is 8.63. The number of ether oxygens (including phenoxy) is 1. The fourth-order valence-electron chi connectivity index (χ4n) is 3.46. The molecule has 0 radical (unpaired) electrons. The van der Waals surface area contributed by atoms with Crippen molar-refractivity contribution in [3.63, 3.8) is 0 Å². The van der Waals surface area contributed by atoms with E-state index in [-0.39, 0.29) is 19.1 Å². The van der Waals surface area contributed by atoms with E-state index in [1.165, 1.54) is 6.33 Å². The summed E-state index contributed by atoms with van der Waals surface area (Å²) < 4.78 is 5.41. The zero-order valence-electron chi connectivity index (χ0n) is 14.0. The lowest BCUT2D eigenvalue weighted by atomic mass is 9.96. The van der Waals surface area contributed by atoms with Crippen molar-refractivity contribution in [1.82, 2.24) is 14.9 Å². The van der Waals surface area contributed by atoms with Crippen LogP contribution in [-0.2, 0) is 4.74 Å². The second-order valence-electron chi connectivity index (χ2n) is 6.43. The third-order valence-corrected chi connectivity index (χ3v) is 4.80. The maximum atomic E-state index is 9.76. The van der Waals surface area contributed by atoms with E-state index < -0.39 is 0 Å². The molecule has 0 amide bonds. The highest BCUT2D eigenvalue weighted by Crippen LogP contribution is 2.28. The standard InChI is InChI=1S/C16H27N5O3/c22-4-1-17-15-7-16(19-12-18-15)21-9-13(14(10-21)11-23)8-20-2-5-24-6-3-20/h7,12-14,22-23H,1-6,8-11H2,(H,17,18,19)/t13-,14-/m1/s1. The predicted molar refractivity (Wildman–Crippen MR) is 91.1 cm³/mol. The highest BCUT2D eigenvalue weighted by Gasteiger charge is 2.34. The second kappa shape index (κ2) is 8.57. The van der Waals surface area contributed by atoms with Crippen LogP contribution in [0.5, 0.6) is 0 Å². The maximum absolute atomic E-state index is 9.76. The van der Waals surface area contributed by atoms with Crippen molar-refractivity contribution in [2.75, 3.05) is 75.9 Å². The summed E-state index contributed by atoms with van der Waals surface area (Å²) in [6, 6.07) is 1.90. The van der Waals surface area contributed by atoms with Gasteiger partial charge in [0, 0.05) is 57.9 Å². The topological polar surface area (TPSA) is 94.0 Å². The fourth-order valence-corrected chi connectivity index (χ4v) is 3.46. The molecular formula is C16H27N5O3. The van der Waals surface area contributed by atoms with Crippen LogP contribution in [0.25, 0.3) is 0 Å². The molecule has 8 heteroatoms. The lowest BCUT2D eigenvalue weighted by Gasteiger charge is -2.30. The van der Waals surface area contributed by atoms with Crippen LogP contribution in [0.4, 0.5) is 11.6 Å². The van der Waals surface area contributed by atoms with Crippen LogP contribution in [0, 0.1) is 11.8 Å². The molecule has 1 aromatic heterocycles. The summed E-state index contributed by atoms with van der Waals surface area (Å²) in [7, 11) is 0. The Morgan fingerprint density at radius 2 is 1.96 bits per heavy atom. The van der Waals surface area contributed by atoms with E-state index in [2.05, 4.69) is 25.1 Å². The summed E-state index contributed by atoms with van der Waals surface area (Å²) in [5.74, 6) is 2.27. The molecule has 2 fully saturated rings. The van der Waals surface area contributed by atoms with Gasteiger partial charge in [-0.1, -0.05) is 0 Å². The Morgan fingerprint density at radius 1 is 1.17 bits per heavy atom. The number of hydrogen-bond acceptors (Lipinski definition) is 8. The molecule has 2 aliphatic rings. The highest BCUT2D eigenvalue weighted by molar-refractivity contribution is 5.49. The van der Waals surface area contributed by atoms with Crippen LogP contribution >= 0.6 is 0 Å². The average molecular weight is 337 g/mol. The van der Waals surface area contributed by atoms with Crippen molar-refractivity contribution >= 4 is 11.6 Å². The number of aliphatic hydroxyl groups excluding tert-OH is 2. The Hall–Kier alpha value is -1.48. The molecule has 0 aliphatic carbocycles. The molecule has 24 heavy (non-hydrogen) atoms. The molecule has 3 N–H and O–H groups in total. The van der Waals surface area contributed by atoms with Gasteiger partial charge in [0.1, 0.15) is 18.0 Å². The van der Waals surface area contributed by atoms with Crippen LogP contribution in [0.15, 0.2) is 12.4 Å². The van der Waals surface area contributed by atoms with E-state index in [1.807, 2.05) is 6.07 Å². The van der Waals surface area contributed by atoms with Gasteiger partial charge >= 0.3 is 0 Å². The van der Waals surface area contributed by atoms with Crippen LogP contribution < -0.4 is 10.2 Å². The Balaban J connectivity index is 1.62. The second-order valence-corrected chi connectivity index (χ2v) is 6.43. The van der Waals surface area contributed by atoms with Gasteiger partial charge in [-0.2, -0.15) is 0 Å². The van der Waals surface area contributed by atoms with Gasteiger partial charge < -0.3 is 25.2 Å². The van der Waals surface area contributed by atoms with Gasteiger partial charge in [0.15, 0.2) is 0 Å². The predicted octanol–water partition coefficient (Wildman–Crippen LogP) is -0.742. The average Bonchev–Trinajstić information content (AvgIpc) is 3.04. The zero-order chi connectivity index (χ0) is 16.8. The number of rotatable bonds is 7. The third-order valence-electron chi connectivity index (χ3n) is 4.80. The monoisotopic (exact) mass is 337 g/mol. The van der Waals surface area contributed by atoms with Crippen LogP contribution in [-0.4, -0.2) is 90.8 Å². The minimum atomic E-state index is 0.0667.